The zero-order valence-corrected chi connectivity index (χ0v) is 16.9. The minimum Gasteiger partial charge on any atom is -0.497 e. The number of pyridine rings is 1. The van der Waals surface area contributed by atoms with Gasteiger partial charge in [0.1, 0.15) is 5.75 Å². The predicted molar refractivity (Wildman–Crippen MR) is 112 cm³/mol. The Labute approximate surface area is 170 Å². The fraction of sp³-hybridized carbons (Fsp3) is 0.350. The second-order valence-electron chi connectivity index (χ2n) is 5.89. The largest absolute Gasteiger partial charge is 0.497 e. The van der Waals surface area contributed by atoms with Crippen LogP contribution in [0.3, 0.4) is 0 Å². The molecule has 0 aliphatic rings. The van der Waals surface area contributed by atoms with Gasteiger partial charge in [0.2, 0.25) is 0 Å². The highest BCUT2D eigenvalue weighted by molar-refractivity contribution is 6.31. The zero-order valence-electron chi connectivity index (χ0n) is 16.2. The molecule has 0 bridgehead atoms. The van der Waals surface area contributed by atoms with Crippen molar-refractivity contribution in [2.24, 2.45) is 4.99 Å². The Morgan fingerprint density at radius 2 is 2.04 bits per heavy atom. The number of benzene rings is 1. The molecule has 0 saturated carbocycles. The van der Waals surface area contributed by atoms with E-state index >= 15 is 0 Å². The van der Waals surface area contributed by atoms with Gasteiger partial charge in [-0.2, -0.15) is 0 Å². The predicted octanol–water partition coefficient (Wildman–Crippen LogP) is 2.27. The number of methoxy groups -OCH3 is 1. The van der Waals surface area contributed by atoms with Crippen LogP contribution in [0, 0.1) is 0 Å². The van der Waals surface area contributed by atoms with Gasteiger partial charge in [-0.15, -0.1) is 0 Å². The van der Waals surface area contributed by atoms with Crippen molar-refractivity contribution in [1.29, 1.82) is 0 Å². The number of hydrogen-bond acceptors (Lipinski definition) is 4. The first kappa shape index (κ1) is 21.5. The molecule has 0 atom stereocenters. The second-order valence-corrected chi connectivity index (χ2v) is 6.30. The van der Waals surface area contributed by atoms with E-state index in [9.17, 15) is 4.79 Å². The lowest BCUT2D eigenvalue weighted by Gasteiger charge is -2.12. The van der Waals surface area contributed by atoms with Crippen LogP contribution in [0.15, 0.2) is 47.7 Å². The van der Waals surface area contributed by atoms with Gasteiger partial charge in [0, 0.05) is 43.6 Å². The summed E-state index contributed by atoms with van der Waals surface area (Å²) in [5.74, 6) is 1.29. The number of halogens is 1. The molecule has 0 unspecified atom stereocenters. The number of rotatable bonds is 9. The van der Waals surface area contributed by atoms with E-state index in [1.54, 1.807) is 37.7 Å². The van der Waals surface area contributed by atoms with Crippen molar-refractivity contribution in [2.45, 2.75) is 13.3 Å². The number of nitrogens with zero attached hydrogens (tertiary/aromatic N) is 2. The third-order valence-corrected chi connectivity index (χ3v) is 4.23. The number of amides is 1. The van der Waals surface area contributed by atoms with Crippen molar-refractivity contribution >= 4 is 23.5 Å². The first-order chi connectivity index (χ1) is 13.6. The van der Waals surface area contributed by atoms with Crippen LogP contribution in [-0.4, -0.2) is 50.1 Å². The monoisotopic (exact) mass is 403 g/mol. The third kappa shape index (κ3) is 7.08. The first-order valence-corrected chi connectivity index (χ1v) is 9.54. The molecule has 3 N–H and O–H groups in total. The normalized spacial score (nSPS) is 11.0. The summed E-state index contributed by atoms with van der Waals surface area (Å²) in [5, 5.41) is 9.90. The Kier molecular flexibility index (Phi) is 9.07. The topological polar surface area (TPSA) is 87.6 Å². The highest BCUT2D eigenvalue weighted by atomic mass is 35.5. The van der Waals surface area contributed by atoms with E-state index in [4.69, 9.17) is 16.3 Å². The van der Waals surface area contributed by atoms with Gasteiger partial charge in [-0.05, 0) is 43.2 Å². The molecule has 8 heteroatoms. The van der Waals surface area contributed by atoms with Crippen LogP contribution in [0.2, 0.25) is 5.02 Å². The van der Waals surface area contributed by atoms with E-state index < -0.39 is 0 Å². The number of guanidine groups is 1. The third-order valence-electron chi connectivity index (χ3n) is 3.88. The molecule has 0 saturated heterocycles. The van der Waals surface area contributed by atoms with E-state index in [0.29, 0.717) is 36.2 Å². The Hall–Kier alpha value is -2.80. The number of nitrogens with one attached hydrogen (secondary N) is 3. The molecule has 7 nitrogen and oxygen atoms in total. The molecule has 1 heterocycles. The van der Waals surface area contributed by atoms with Crippen LogP contribution >= 0.6 is 11.6 Å². The maximum atomic E-state index is 12.0. The molecule has 1 amide bonds. The Morgan fingerprint density at radius 1 is 1.21 bits per heavy atom. The number of carbonyl (C=O) groups is 1. The van der Waals surface area contributed by atoms with Crippen LogP contribution in [0.25, 0.3) is 0 Å². The highest BCUT2D eigenvalue weighted by Crippen LogP contribution is 2.22. The van der Waals surface area contributed by atoms with Crippen LogP contribution < -0.4 is 20.7 Å². The van der Waals surface area contributed by atoms with Crippen LogP contribution in [-0.2, 0) is 6.42 Å². The molecule has 2 aromatic rings. The quantitative estimate of drug-likeness (QED) is 0.339. The lowest BCUT2D eigenvalue weighted by molar-refractivity contribution is 0.0954. The Morgan fingerprint density at radius 3 is 2.71 bits per heavy atom. The molecule has 0 aliphatic heterocycles. The summed E-state index contributed by atoms with van der Waals surface area (Å²) < 4.78 is 5.16. The minimum atomic E-state index is -0.147. The summed E-state index contributed by atoms with van der Waals surface area (Å²) >= 11 is 6.26. The van der Waals surface area contributed by atoms with E-state index in [2.05, 4.69) is 25.9 Å². The van der Waals surface area contributed by atoms with Crippen molar-refractivity contribution < 1.29 is 9.53 Å². The SMILES string of the molecule is CCNC(=NCCc1ccc(OC)cc1Cl)NCCNC(=O)c1cccnc1. The van der Waals surface area contributed by atoms with Gasteiger partial charge in [-0.25, -0.2) is 0 Å². The molecular formula is C20H26ClN5O2. The van der Waals surface area contributed by atoms with Gasteiger partial charge in [0.05, 0.1) is 12.7 Å². The molecule has 0 fully saturated rings. The van der Waals surface area contributed by atoms with E-state index in [1.807, 2.05) is 19.1 Å². The number of ether oxygens (including phenoxy) is 1. The summed E-state index contributed by atoms with van der Waals surface area (Å²) in [7, 11) is 1.61. The van der Waals surface area contributed by atoms with Gasteiger partial charge in [-0.1, -0.05) is 17.7 Å². The van der Waals surface area contributed by atoms with Gasteiger partial charge in [-0.3, -0.25) is 14.8 Å². The first-order valence-electron chi connectivity index (χ1n) is 9.17. The zero-order chi connectivity index (χ0) is 20.2. The molecule has 150 valence electrons. The van der Waals surface area contributed by atoms with Crippen LogP contribution in [0.4, 0.5) is 0 Å². The molecule has 0 spiro atoms. The van der Waals surface area contributed by atoms with Crippen molar-refractivity contribution in [3.05, 3.63) is 58.9 Å². The summed E-state index contributed by atoms with van der Waals surface area (Å²) in [5.41, 5.74) is 1.56. The Bertz CT molecular complexity index is 783. The Balaban J connectivity index is 1.78. The molecule has 2 rings (SSSR count). The smallest absolute Gasteiger partial charge is 0.252 e. The van der Waals surface area contributed by atoms with E-state index in [-0.39, 0.29) is 5.91 Å². The van der Waals surface area contributed by atoms with Crippen molar-refractivity contribution in [3.8, 4) is 5.75 Å². The van der Waals surface area contributed by atoms with Gasteiger partial charge in [0.25, 0.3) is 5.91 Å². The van der Waals surface area contributed by atoms with Gasteiger partial charge >= 0.3 is 0 Å². The number of hydrogen-bond donors (Lipinski definition) is 3. The maximum Gasteiger partial charge on any atom is 0.252 e. The number of aromatic nitrogens is 1. The maximum absolute atomic E-state index is 12.0. The molecule has 0 aliphatic carbocycles. The molecule has 1 aromatic heterocycles. The fourth-order valence-corrected chi connectivity index (χ4v) is 2.71. The summed E-state index contributed by atoms with van der Waals surface area (Å²) in [6.07, 6.45) is 3.90. The minimum absolute atomic E-state index is 0.147. The van der Waals surface area contributed by atoms with E-state index in [0.717, 1.165) is 24.3 Å². The molecular weight excluding hydrogens is 378 g/mol. The number of carbonyl (C=O) groups excluding carboxylic acids is 1. The van der Waals surface area contributed by atoms with Crippen LogP contribution in [0.5, 0.6) is 5.75 Å². The summed E-state index contributed by atoms with van der Waals surface area (Å²) in [6.45, 7) is 4.37. The van der Waals surface area contributed by atoms with Gasteiger partial charge < -0.3 is 20.7 Å². The highest BCUT2D eigenvalue weighted by Gasteiger charge is 2.05. The summed E-state index contributed by atoms with van der Waals surface area (Å²) in [4.78, 5) is 20.5. The van der Waals surface area contributed by atoms with Crippen LogP contribution in [0.1, 0.15) is 22.8 Å². The summed E-state index contributed by atoms with van der Waals surface area (Å²) in [6, 6.07) is 9.10. The molecule has 0 radical (unpaired) electrons. The van der Waals surface area contributed by atoms with Crippen molar-refractivity contribution in [1.82, 2.24) is 20.9 Å². The number of aliphatic imine (C=N–C) groups is 1. The van der Waals surface area contributed by atoms with Gasteiger partial charge in [0.15, 0.2) is 5.96 Å². The van der Waals surface area contributed by atoms with E-state index in [1.165, 1.54) is 0 Å². The van der Waals surface area contributed by atoms with Crippen molar-refractivity contribution in [3.63, 3.8) is 0 Å². The molecule has 1 aromatic carbocycles. The molecule has 28 heavy (non-hydrogen) atoms. The van der Waals surface area contributed by atoms with Crippen molar-refractivity contribution in [2.75, 3.05) is 33.3 Å². The second kappa shape index (κ2) is 11.8. The lowest BCUT2D eigenvalue weighted by Crippen LogP contribution is -2.41. The average Bonchev–Trinajstić information content (AvgIpc) is 2.72. The lowest BCUT2D eigenvalue weighted by atomic mass is 10.1. The standard InChI is InChI=1S/C20H26ClN5O2/c1-3-23-20(25-10-8-15-6-7-17(28-2)13-18(15)21)26-12-11-24-19(27)16-5-4-9-22-14-16/h4-7,9,13-14H,3,8,10-12H2,1-2H3,(H,24,27)(H2,23,25,26). The average molecular weight is 404 g/mol. The fourth-order valence-electron chi connectivity index (χ4n) is 2.44.